The van der Waals surface area contributed by atoms with Gasteiger partial charge in [0.05, 0.1) is 14.2 Å². The highest BCUT2D eigenvalue weighted by Gasteiger charge is 2.20. The van der Waals surface area contributed by atoms with Crippen molar-refractivity contribution < 1.29 is 24.5 Å². The third-order valence-corrected chi connectivity index (χ3v) is 4.19. The lowest BCUT2D eigenvalue weighted by Crippen LogP contribution is -2.31. The summed E-state index contributed by atoms with van der Waals surface area (Å²) in [5.41, 5.74) is 3.72. The highest BCUT2D eigenvalue weighted by atomic mass is 16.5. The van der Waals surface area contributed by atoms with Gasteiger partial charge in [-0.3, -0.25) is 4.79 Å². The van der Waals surface area contributed by atoms with Gasteiger partial charge in [0.15, 0.2) is 11.5 Å². The molecule has 0 radical (unpaired) electrons. The molecule has 0 bridgehead atoms. The van der Waals surface area contributed by atoms with Gasteiger partial charge in [-0.25, -0.2) is 0 Å². The van der Waals surface area contributed by atoms with Crippen LogP contribution in [0.25, 0.3) is 0 Å². The van der Waals surface area contributed by atoms with E-state index in [0.29, 0.717) is 5.75 Å². The van der Waals surface area contributed by atoms with Gasteiger partial charge in [0.2, 0.25) is 0 Å². The molecule has 134 valence electrons. The van der Waals surface area contributed by atoms with E-state index in [0.717, 1.165) is 30.7 Å². The van der Waals surface area contributed by atoms with Crippen molar-refractivity contribution in [3.8, 4) is 17.2 Å². The minimum atomic E-state index is -0.250. The van der Waals surface area contributed by atoms with Gasteiger partial charge < -0.3 is 25.0 Å². The van der Waals surface area contributed by atoms with Crippen molar-refractivity contribution in [2.24, 2.45) is 0 Å². The fourth-order valence-electron chi connectivity index (χ4n) is 3.04. The van der Waals surface area contributed by atoms with Gasteiger partial charge in [0.25, 0.3) is 6.47 Å². The van der Waals surface area contributed by atoms with Crippen molar-refractivity contribution in [2.75, 3.05) is 20.8 Å². The predicted molar refractivity (Wildman–Crippen MR) is 94.5 cm³/mol. The van der Waals surface area contributed by atoms with E-state index in [2.05, 4.69) is 17.4 Å². The van der Waals surface area contributed by atoms with Crippen molar-refractivity contribution in [1.82, 2.24) is 5.32 Å². The van der Waals surface area contributed by atoms with Crippen molar-refractivity contribution >= 4 is 6.47 Å². The van der Waals surface area contributed by atoms with Crippen LogP contribution in [0.1, 0.15) is 22.7 Å². The third kappa shape index (κ3) is 4.64. The smallest absolute Gasteiger partial charge is 0.290 e. The summed E-state index contributed by atoms with van der Waals surface area (Å²) in [6.07, 6.45) is 1.84. The van der Waals surface area contributed by atoms with E-state index in [-0.39, 0.29) is 18.3 Å². The largest absolute Gasteiger partial charge is 0.504 e. The minimum absolute atomic E-state index is 0.186. The Balaban J connectivity index is 0.000000701. The minimum Gasteiger partial charge on any atom is -0.504 e. The molecule has 0 saturated heterocycles. The Bertz CT molecular complexity index is 717. The van der Waals surface area contributed by atoms with E-state index in [1.54, 1.807) is 20.3 Å². The van der Waals surface area contributed by atoms with Crippen LogP contribution in [0.4, 0.5) is 0 Å². The summed E-state index contributed by atoms with van der Waals surface area (Å²) in [6.45, 7) is 0.701. The van der Waals surface area contributed by atoms with Crippen molar-refractivity contribution in [1.29, 1.82) is 0 Å². The zero-order valence-electron chi connectivity index (χ0n) is 14.4. The van der Waals surface area contributed by atoms with Gasteiger partial charge in [-0.1, -0.05) is 12.1 Å². The van der Waals surface area contributed by atoms with Crippen molar-refractivity contribution in [3.63, 3.8) is 0 Å². The number of rotatable bonds is 4. The molecule has 0 aliphatic carbocycles. The van der Waals surface area contributed by atoms with E-state index < -0.39 is 0 Å². The number of fused-ring (bicyclic) bond motifs is 1. The number of aromatic hydroxyl groups is 1. The van der Waals surface area contributed by atoms with Crippen LogP contribution in [-0.4, -0.2) is 37.4 Å². The Labute approximate surface area is 147 Å². The first kappa shape index (κ1) is 18.6. The molecule has 0 aromatic heterocycles. The second kappa shape index (κ2) is 8.94. The van der Waals surface area contributed by atoms with E-state index in [1.807, 2.05) is 18.2 Å². The van der Waals surface area contributed by atoms with Crippen LogP contribution in [0.3, 0.4) is 0 Å². The highest BCUT2D eigenvalue weighted by molar-refractivity contribution is 5.44. The molecule has 3 rings (SSSR count). The first-order valence-electron chi connectivity index (χ1n) is 7.96. The molecular formula is C19H23NO5. The second-order valence-corrected chi connectivity index (χ2v) is 5.64. The molecule has 6 nitrogen and oxygen atoms in total. The summed E-state index contributed by atoms with van der Waals surface area (Å²) in [7, 11) is 3.25. The summed E-state index contributed by atoms with van der Waals surface area (Å²) in [6, 6.07) is 12.1. The maximum Gasteiger partial charge on any atom is 0.290 e. The van der Waals surface area contributed by atoms with Crippen molar-refractivity contribution in [2.45, 2.75) is 18.9 Å². The second-order valence-electron chi connectivity index (χ2n) is 5.64. The normalized spacial score (nSPS) is 15.4. The molecular weight excluding hydrogens is 322 g/mol. The van der Waals surface area contributed by atoms with Gasteiger partial charge >= 0.3 is 0 Å². The molecule has 6 heteroatoms. The SMILES string of the molecule is COc1ccc2c(c1)CCN[C@@H]2Cc1ccc(OC)c(O)c1.O=CO. The van der Waals surface area contributed by atoms with Crippen LogP contribution in [0.5, 0.6) is 17.2 Å². The monoisotopic (exact) mass is 345 g/mol. The number of methoxy groups -OCH3 is 2. The number of carboxylic acid groups (broad SMARTS) is 1. The first-order valence-corrected chi connectivity index (χ1v) is 7.96. The van der Waals surface area contributed by atoms with Crippen molar-refractivity contribution in [3.05, 3.63) is 53.1 Å². The Morgan fingerprint density at radius 2 is 1.96 bits per heavy atom. The van der Waals surface area contributed by atoms with Crippen LogP contribution in [0.2, 0.25) is 0 Å². The summed E-state index contributed by atoms with van der Waals surface area (Å²) >= 11 is 0. The lowest BCUT2D eigenvalue weighted by atomic mass is 9.90. The Kier molecular flexibility index (Phi) is 6.65. The predicted octanol–water partition coefficient (Wildman–Crippen LogP) is 2.54. The molecule has 1 aliphatic heterocycles. The molecule has 3 N–H and O–H groups in total. The van der Waals surface area contributed by atoms with Crippen LogP contribution >= 0.6 is 0 Å². The van der Waals surface area contributed by atoms with Crippen LogP contribution in [-0.2, 0) is 17.6 Å². The number of phenols is 1. The van der Waals surface area contributed by atoms with Crippen LogP contribution in [0.15, 0.2) is 36.4 Å². The molecule has 1 atom stereocenters. The number of phenolic OH excluding ortho intramolecular Hbond substituents is 1. The van der Waals surface area contributed by atoms with E-state index in [4.69, 9.17) is 19.4 Å². The lowest BCUT2D eigenvalue weighted by molar-refractivity contribution is -0.122. The van der Waals surface area contributed by atoms with Gasteiger partial charge in [-0.2, -0.15) is 0 Å². The molecule has 2 aromatic rings. The molecule has 0 spiro atoms. The molecule has 0 amide bonds. The molecule has 0 saturated carbocycles. The first-order chi connectivity index (χ1) is 12.1. The molecule has 25 heavy (non-hydrogen) atoms. The van der Waals surface area contributed by atoms with E-state index >= 15 is 0 Å². The molecule has 0 unspecified atom stereocenters. The maximum atomic E-state index is 9.92. The number of hydrogen-bond acceptors (Lipinski definition) is 5. The topological polar surface area (TPSA) is 88.0 Å². The molecule has 0 fully saturated rings. The van der Waals surface area contributed by atoms with Crippen LogP contribution < -0.4 is 14.8 Å². The van der Waals surface area contributed by atoms with Gasteiger partial charge in [0.1, 0.15) is 5.75 Å². The maximum absolute atomic E-state index is 9.92. The molecule has 1 aliphatic rings. The zero-order chi connectivity index (χ0) is 18.2. The number of hydrogen-bond donors (Lipinski definition) is 3. The summed E-state index contributed by atoms with van der Waals surface area (Å²) in [5.74, 6) is 1.60. The Hall–Kier alpha value is -2.73. The average molecular weight is 345 g/mol. The summed E-state index contributed by atoms with van der Waals surface area (Å²) < 4.78 is 10.4. The Morgan fingerprint density at radius 1 is 1.20 bits per heavy atom. The Morgan fingerprint density at radius 3 is 2.60 bits per heavy atom. The zero-order valence-corrected chi connectivity index (χ0v) is 14.4. The number of carbonyl (C=O) groups is 1. The van der Waals surface area contributed by atoms with E-state index in [9.17, 15) is 5.11 Å². The summed E-state index contributed by atoms with van der Waals surface area (Å²) in [4.78, 5) is 8.36. The van der Waals surface area contributed by atoms with E-state index in [1.165, 1.54) is 11.1 Å². The fourth-order valence-corrected chi connectivity index (χ4v) is 3.04. The third-order valence-electron chi connectivity index (χ3n) is 4.19. The number of benzene rings is 2. The van der Waals surface area contributed by atoms with Crippen LogP contribution in [0, 0.1) is 0 Å². The van der Waals surface area contributed by atoms with Gasteiger partial charge in [0, 0.05) is 6.04 Å². The number of nitrogens with one attached hydrogen (secondary N) is 1. The van der Waals surface area contributed by atoms with Gasteiger partial charge in [-0.15, -0.1) is 0 Å². The lowest BCUT2D eigenvalue weighted by Gasteiger charge is -2.27. The molecule has 2 aromatic carbocycles. The quantitative estimate of drug-likeness (QED) is 0.738. The van der Waals surface area contributed by atoms with Gasteiger partial charge in [-0.05, 0) is 60.3 Å². The summed E-state index contributed by atoms with van der Waals surface area (Å²) in [5, 5.41) is 20.4. The standard InChI is InChI=1S/C18H21NO3.CH2O2/c1-21-14-4-5-15-13(11-14)7-8-19-16(15)9-12-3-6-18(22-2)17(20)10-12;2-1-3/h3-6,10-11,16,19-20H,7-9H2,1-2H3;1H,(H,2,3)/t16-;/m1./s1. The number of ether oxygens (including phenoxy) is 2. The average Bonchev–Trinajstić information content (AvgIpc) is 2.62. The molecule has 1 heterocycles. The highest BCUT2D eigenvalue weighted by Crippen LogP contribution is 2.31. The fraction of sp³-hybridized carbons (Fsp3) is 0.316.